The molecule has 21 heavy (non-hydrogen) atoms. The molecule has 1 saturated carbocycles. The van der Waals surface area contributed by atoms with Crippen LogP contribution in [0, 0.1) is 0 Å². The highest BCUT2D eigenvalue weighted by atomic mass is 32.2. The highest BCUT2D eigenvalue weighted by molar-refractivity contribution is 7.88. The molecule has 8 heteroatoms. The summed E-state index contributed by atoms with van der Waals surface area (Å²) in [5.41, 5.74) is 6.88. The molecule has 1 heterocycles. The molecule has 0 spiro atoms. The van der Waals surface area contributed by atoms with Crippen molar-refractivity contribution < 1.29 is 12.9 Å². The lowest BCUT2D eigenvalue weighted by Crippen LogP contribution is -2.44. The number of nitrogens with zero attached hydrogens (tertiary/aromatic N) is 2. The highest BCUT2D eigenvalue weighted by Crippen LogP contribution is 2.37. The molecule has 0 radical (unpaired) electrons. The van der Waals surface area contributed by atoms with Crippen LogP contribution in [0.2, 0.25) is 0 Å². The minimum Gasteiger partial charge on any atom is -0.334 e. The molecule has 0 bridgehead atoms. The quantitative estimate of drug-likeness (QED) is 0.863. The molecule has 2 aromatic rings. The molecule has 0 atom stereocenters. The Morgan fingerprint density at radius 3 is 2.71 bits per heavy atom. The fraction of sp³-hybridized carbons (Fsp3) is 0.385. The van der Waals surface area contributed by atoms with E-state index in [9.17, 15) is 8.42 Å². The molecule has 3 rings (SSSR count). The van der Waals surface area contributed by atoms with Crippen LogP contribution < -0.4 is 10.9 Å². The van der Waals surface area contributed by atoms with Gasteiger partial charge >= 0.3 is 0 Å². The summed E-state index contributed by atoms with van der Waals surface area (Å²) in [6.07, 6.45) is 2.75. The fourth-order valence-corrected chi connectivity index (χ4v) is 2.99. The van der Waals surface area contributed by atoms with E-state index in [1.807, 2.05) is 0 Å². The van der Waals surface area contributed by atoms with Gasteiger partial charge in [0.25, 0.3) is 5.89 Å². The summed E-state index contributed by atoms with van der Waals surface area (Å²) >= 11 is 0. The molecular formula is C13H16N4O3S. The van der Waals surface area contributed by atoms with Gasteiger partial charge in [0, 0.05) is 5.56 Å². The van der Waals surface area contributed by atoms with E-state index >= 15 is 0 Å². The van der Waals surface area contributed by atoms with Gasteiger partial charge in [0.2, 0.25) is 10.0 Å². The molecule has 1 aliphatic rings. The van der Waals surface area contributed by atoms with Crippen molar-refractivity contribution in [2.24, 2.45) is 10.9 Å². The summed E-state index contributed by atoms with van der Waals surface area (Å²) in [4.78, 5) is 4.33. The molecular weight excluding hydrogens is 292 g/mol. The Hall–Kier alpha value is -1.77. The van der Waals surface area contributed by atoms with Crippen LogP contribution in [0.25, 0.3) is 11.5 Å². The predicted molar refractivity (Wildman–Crippen MR) is 76.3 cm³/mol. The first-order valence-corrected chi connectivity index (χ1v) is 8.30. The topological polar surface area (TPSA) is 125 Å². The van der Waals surface area contributed by atoms with Gasteiger partial charge in [-0.05, 0) is 37.0 Å². The molecule has 0 amide bonds. The van der Waals surface area contributed by atoms with E-state index in [-0.39, 0.29) is 5.75 Å². The first kappa shape index (κ1) is 14.2. The third kappa shape index (κ3) is 2.97. The molecule has 0 aliphatic heterocycles. The average molecular weight is 308 g/mol. The first-order chi connectivity index (χ1) is 9.86. The largest absolute Gasteiger partial charge is 0.334 e. The second-order valence-corrected chi connectivity index (χ2v) is 7.05. The molecule has 1 aromatic carbocycles. The average Bonchev–Trinajstić information content (AvgIpc) is 2.84. The zero-order chi connectivity index (χ0) is 15.1. The highest BCUT2D eigenvalue weighted by Gasteiger charge is 2.39. The SMILES string of the molecule is NC1(c2noc(-c3cccc(CS(N)(=O)=O)c3)n2)CCC1. The summed E-state index contributed by atoms with van der Waals surface area (Å²) in [6, 6.07) is 6.85. The van der Waals surface area contributed by atoms with E-state index < -0.39 is 15.6 Å². The van der Waals surface area contributed by atoms with E-state index in [1.54, 1.807) is 24.3 Å². The van der Waals surface area contributed by atoms with Gasteiger partial charge in [-0.25, -0.2) is 13.6 Å². The summed E-state index contributed by atoms with van der Waals surface area (Å²) in [5, 5.41) is 8.98. The van der Waals surface area contributed by atoms with E-state index in [1.165, 1.54) is 0 Å². The second-order valence-electron chi connectivity index (χ2n) is 5.44. The minimum atomic E-state index is -3.58. The van der Waals surface area contributed by atoms with Gasteiger partial charge in [0.1, 0.15) is 0 Å². The van der Waals surface area contributed by atoms with Gasteiger partial charge in [-0.1, -0.05) is 17.3 Å². The zero-order valence-electron chi connectivity index (χ0n) is 11.3. The van der Waals surface area contributed by atoms with Gasteiger partial charge < -0.3 is 10.3 Å². The van der Waals surface area contributed by atoms with Gasteiger partial charge in [0.15, 0.2) is 5.82 Å². The summed E-state index contributed by atoms with van der Waals surface area (Å²) in [7, 11) is -3.58. The second kappa shape index (κ2) is 4.90. The van der Waals surface area contributed by atoms with Gasteiger partial charge in [-0.3, -0.25) is 0 Å². The van der Waals surface area contributed by atoms with E-state index in [0.29, 0.717) is 22.8 Å². The number of sulfonamides is 1. The Labute approximate surface area is 122 Å². The van der Waals surface area contributed by atoms with Crippen LogP contribution in [0.5, 0.6) is 0 Å². The van der Waals surface area contributed by atoms with Crippen LogP contribution in [-0.4, -0.2) is 18.6 Å². The first-order valence-electron chi connectivity index (χ1n) is 6.59. The lowest BCUT2D eigenvalue weighted by atomic mass is 9.77. The predicted octanol–water partition coefficient (Wildman–Crippen LogP) is 0.863. The normalized spacial score (nSPS) is 17.4. The van der Waals surface area contributed by atoms with E-state index in [2.05, 4.69) is 10.1 Å². The molecule has 112 valence electrons. The number of hydrogen-bond donors (Lipinski definition) is 2. The van der Waals surface area contributed by atoms with Crippen molar-refractivity contribution in [2.45, 2.75) is 30.6 Å². The maximum atomic E-state index is 11.1. The summed E-state index contributed by atoms with van der Waals surface area (Å²) < 4.78 is 27.5. The third-order valence-electron chi connectivity index (χ3n) is 3.66. The summed E-state index contributed by atoms with van der Waals surface area (Å²) in [5.74, 6) is 0.599. The number of nitrogens with two attached hydrogens (primary N) is 2. The number of aromatic nitrogens is 2. The van der Waals surface area contributed by atoms with Gasteiger partial charge in [0.05, 0.1) is 11.3 Å². The number of hydrogen-bond acceptors (Lipinski definition) is 6. The Morgan fingerprint density at radius 2 is 2.10 bits per heavy atom. The molecule has 1 aromatic heterocycles. The van der Waals surface area contributed by atoms with E-state index in [0.717, 1.165) is 19.3 Å². The summed E-state index contributed by atoms with van der Waals surface area (Å²) in [6.45, 7) is 0. The zero-order valence-corrected chi connectivity index (χ0v) is 12.1. The van der Waals surface area contributed by atoms with Crippen molar-refractivity contribution in [1.82, 2.24) is 10.1 Å². The molecule has 0 saturated heterocycles. The Bertz CT molecular complexity index is 765. The van der Waals surface area contributed by atoms with Crippen molar-refractivity contribution in [3.05, 3.63) is 35.7 Å². The van der Waals surface area contributed by atoms with Crippen LogP contribution in [-0.2, 0) is 21.3 Å². The van der Waals surface area contributed by atoms with Crippen molar-refractivity contribution >= 4 is 10.0 Å². The molecule has 4 N–H and O–H groups in total. The Balaban J connectivity index is 1.89. The van der Waals surface area contributed by atoms with Crippen LogP contribution in [0.1, 0.15) is 30.7 Å². The third-order valence-corrected chi connectivity index (χ3v) is 4.39. The molecule has 1 fully saturated rings. The monoisotopic (exact) mass is 308 g/mol. The molecule has 1 aliphatic carbocycles. The lowest BCUT2D eigenvalue weighted by molar-refractivity contribution is 0.229. The number of primary sulfonamides is 1. The van der Waals surface area contributed by atoms with Crippen LogP contribution in [0.4, 0.5) is 0 Å². The Morgan fingerprint density at radius 1 is 1.33 bits per heavy atom. The van der Waals surface area contributed by atoms with Crippen molar-refractivity contribution in [2.75, 3.05) is 0 Å². The van der Waals surface area contributed by atoms with Gasteiger partial charge in [-0.2, -0.15) is 4.98 Å². The van der Waals surface area contributed by atoms with Crippen molar-refractivity contribution in [3.8, 4) is 11.5 Å². The minimum absolute atomic E-state index is 0.233. The smallest absolute Gasteiger partial charge is 0.258 e. The fourth-order valence-electron chi connectivity index (χ4n) is 2.35. The number of benzene rings is 1. The lowest BCUT2D eigenvalue weighted by Gasteiger charge is -2.34. The maximum absolute atomic E-state index is 11.1. The maximum Gasteiger partial charge on any atom is 0.258 e. The molecule has 7 nitrogen and oxygen atoms in total. The van der Waals surface area contributed by atoms with E-state index in [4.69, 9.17) is 15.4 Å². The van der Waals surface area contributed by atoms with Crippen LogP contribution in [0.15, 0.2) is 28.8 Å². The standard InChI is InChI=1S/C13H16N4O3S/c14-13(5-2-6-13)12-16-11(20-17-12)10-4-1-3-9(7-10)8-21(15,18)19/h1,3-4,7H,2,5-6,8,14H2,(H2,15,18,19). The van der Waals surface area contributed by atoms with Crippen molar-refractivity contribution in [3.63, 3.8) is 0 Å². The molecule has 0 unspecified atom stereocenters. The van der Waals surface area contributed by atoms with Crippen molar-refractivity contribution in [1.29, 1.82) is 0 Å². The number of rotatable bonds is 4. The Kier molecular flexibility index (Phi) is 3.31. The van der Waals surface area contributed by atoms with Crippen LogP contribution in [0.3, 0.4) is 0 Å². The van der Waals surface area contributed by atoms with Crippen LogP contribution >= 0.6 is 0 Å². The van der Waals surface area contributed by atoms with Gasteiger partial charge in [-0.15, -0.1) is 0 Å².